The molecular formula is C22H20F3N3O3. The van der Waals surface area contributed by atoms with E-state index in [2.05, 4.69) is 15.5 Å². The van der Waals surface area contributed by atoms with Crippen LogP contribution in [-0.4, -0.2) is 23.9 Å². The Morgan fingerprint density at radius 2 is 1.87 bits per heavy atom. The number of aromatic nitrogens is 1. The van der Waals surface area contributed by atoms with Gasteiger partial charge in [0.2, 0.25) is 5.91 Å². The first-order valence-corrected chi connectivity index (χ1v) is 9.44. The van der Waals surface area contributed by atoms with Gasteiger partial charge in [-0.15, -0.1) is 0 Å². The number of amides is 1. The highest BCUT2D eigenvalue weighted by Crippen LogP contribution is 2.30. The van der Waals surface area contributed by atoms with Gasteiger partial charge in [0.1, 0.15) is 11.7 Å². The Hall–Kier alpha value is -3.62. The van der Waals surface area contributed by atoms with Gasteiger partial charge in [0, 0.05) is 18.0 Å². The molecule has 0 aliphatic heterocycles. The second-order valence-electron chi connectivity index (χ2n) is 6.62. The lowest BCUT2D eigenvalue weighted by Gasteiger charge is -2.12. The lowest BCUT2D eigenvalue weighted by atomic mass is 10.1. The van der Waals surface area contributed by atoms with Gasteiger partial charge in [0.15, 0.2) is 5.76 Å². The second-order valence-corrected chi connectivity index (χ2v) is 6.62. The molecule has 162 valence electrons. The average Bonchev–Trinajstić information content (AvgIpc) is 3.15. The number of nitrogens with one attached hydrogen (secondary N) is 1. The SMILES string of the molecule is CCOc1ccc(N=CC(C(=O)Nc2ccc(C(F)(F)F)cc2)c2cc(C)no2)cc1. The summed E-state index contributed by atoms with van der Waals surface area (Å²) in [6.07, 6.45) is -3.05. The fourth-order valence-corrected chi connectivity index (χ4v) is 2.72. The van der Waals surface area contributed by atoms with Crippen LogP contribution in [0.15, 0.2) is 64.1 Å². The molecule has 0 saturated heterocycles. The van der Waals surface area contributed by atoms with Crippen molar-refractivity contribution in [1.29, 1.82) is 0 Å². The van der Waals surface area contributed by atoms with Crippen LogP contribution in [0.4, 0.5) is 24.5 Å². The number of aryl methyl sites for hydroxylation is 1. The van der Waals surface area contributed by atoms with E-state index in [0.717, 1.165) is 12.1 Å². The predicted octanol–water partition coefficient (Wildman–Crippen LogP) is 5.53. The Labute approximate surface area is 176 Å². The summed E-state index contributed by atoms with van der Waals surface area (Å²) >= 11 is 0. The summed E-state index contributed by atoms with van der Waals surface area (Å²) in [5, 5.41) is 6.38. The first kappa shape index (κ1) is 22.1. The molecule has 0 bridgehead atoms. The molecule has 3 rings (SSSR count). The van der Waals surface area contributed by atoms with Crippen LogP contribution < -0.4 is 10.1 Å². The van der Waals surface area contributed by atoms with E-state index in [-0.39, 0.29) is 11.4 Å². The molecular weight excluding hydrogens is 411 g/mol. The van der Waals surface area contributed by atoms with Crippen molar-refractivity contribution in [3.63, 3.8) is 0 Å². The van der Waals surface area contributed by atoms with Gasteiger partial charge in [-0.05, 0) is 62.4 Å². The van der Waals surface area contributed by atoms with E-state index in [1.807, 2.05) is 6.92 Å². The van der Waals surface area contributed by atoms with Crippen LogP contribution in [0.1, 0.15) is 29.9 Å². The molecule has 1 aromatic heterocycles. The molecule has 1 unspecified atom stereocenters. The molecule has 0 fully saturated rings. The van der Waals surface area contributed by atoms with E-state index in [4.69, 9.17) is 9.26 Å². The van der Waals surface area contributed by atoms with E-state index in [9.17, 15) is 18.0 Å². The number of carbonyl (C=O) groups is 1. The number of rotatable bonds is 7. The van der Waals surface area contributed by atoms with Gasteiger partial charge >= 0.3 is 6.18 Å². The number of carbonyl (C=O) groups excluding carboxylic acids is 1. The zero-order valence-corrected chi connectivity index (χ0v) is 16.8. The molecule has 6 nitrogen and oxygen atoms in total. The number of anilines is 1. The lowest BCUT2D eigenvalue weighted by Crippen LogP contribution is -2.22. The molecule has 1 N–H and O–H groups in total. The van der Waals surface area contributed by atoms with Gasteiger partial charge in [-0.1, -0.05) is 5.16 Å². The smallest absolute Gasteiger partial charge is 0.416 e. The van der Waals surface area contributed by atoms with Crippen LogP contribution in [0, 0.1) is 6.92 Å². The molecule has 0 aliphatic carbocycles. The first-order valence-electron chi connectivity index (χ1n) is 9.44. The van der Waals surface area contributed by atoms with Crippen LogP contribution in [-0.2, 0) is 11.0 Å². The van der Waals surface area contributed by atoms with Crippen molar-refractivity contribution < 1.29 is 27.2 Å². The van der Waals surface area contributed by atoms with Gasteiger partial charge in [0.05, 0.1) is 23.6 Å². The van der Waals surface area contributed by atoms with Crippen molar-refractivity contribution in [1.82, 2.24) is 5.16 Å². The minimum atomic E-state index is -4.45. The van der Waals surface area contributed by atoms with Gasteiger partial charge in [-0.2, -0.15) is 13.2 Å². The topological polar surface area (TPSA) is 76.7 Å². The zero-order chi connectivity index (χ0) is 22.4. The van der Waals surface area contributed by atoms with Gasteiger partial charge < -0.3 is 14.6 Å². The van der Waals surface area contributed by atoms with Crippen molar-refractivity contribution in [2.24, 2.45) is 4.99 Å². The summed E-state index contributed by atoms with van der Waals surface area (Å²) in [7, 11) is 0. The highest BCUT2D eigenvalue weighted by molar-refractivity contribution is 6.06. The molecule has 0 radical (unpaired) electrons. The molecule has 2 aromatic carbocycles. The first-order chi connectivity index (χ1) is 14.8. The van der Waals surface area contributed by atoms with Crippen molar-refractivity contribution in [2.45, 2.75) is 25.9 Å². The van der Waals surface area contributed by atoms with Crippen molar-refractivity contribution >= 4 is 23.5 Å². The molecule has 0 spiro atoms. The highest BCUT2D eigenvalue weighted by atomic mass is 19.4. The summed E-state index contributed by atoms with van der Waals surface area (Å²) in [6, 6.07) is 12.8. The fraction of sp³-hybridized carbons (Fsp3) is 0.227. The summed E-state index contributed by atoms with van der Waals surface area (Å²) in [6.45, 7) is 4.13. The lowest BCUT2D eigenvalue weighted by molar-refractivity contribution is -0.137. The number of hydrogen-bond acceptors (Lipinski definition) is 5. The van der Waals surface area contributed by atoms with Crippen molar-refractivity contribution in [3.05, 3.63) is 71.6 Å². The summed E-state index contributed by atoms with van der Waals surface area (Å²) in [4.78, 5) is 17.2. The third-order valence-electron chi connectivity index (χ3n) is 4.24. The van der Waals surface area contributed by atoms with Crippen LogP contribution in [0.5, 0.6) is 5.75 Å². The monoisotopic (exact) mass is 431 g/mol. The van der Waals surface area contributed by atoms with Crippen LogP contribution in [0.25, 0.3) is 0 Å². The standard InChI is InChI=1S/C22H20F3N3O3/c1-3-30-18-10-8-16(9-11-18)26-13-19(20-12-14(2)28-31-20)21(29)27-17-6-4-15(5-7-17)22(23,24)25/h4-13,19H,3H2,1-2H3,(H,27,29). The number of hydrogen-bond donors (Lipinski definition) is 1. The minimum Gasteiger partial charge on any atom is -0.494 e. The van der Waals surface area contributed by atoms with E-state index in [1.165, 1.54) is 18.3 Å². The van der Waals surface area contributed by atoms with Gasteiger partial charge in [-0.3, -0.25) is 9.79 Å². The highest BCUT2D eigenvalue weighted by Gasteiger charge is 2.30. The third kappa shape index (κ3) is 5.94. The van der Waals surface area contributed by atoms with E-state index >= 15 is 0 Å². The zero-order valence-electron chi connectivity index (χ0n) is 16.8. The number of aliphatic imine (C=N–C) groups is 1. The van der Waals surface area contributed by atoms with Gasteiger partial charge in [0.25, 0.3) is 0 Å². The number of nitrogens with zero attached hydrogens (tertiary/aromatic N) is 2. The fourth-order valence-electron chi connectivity index (χ4n) is 2.72. The molecule has 9 heteroatoms. The molecule has 1 atom stereocenters. The Balaban J connectivity index is 1.79. The summed E-state index contributed by atoms with van der Waals surface area (Å²) in [5.41, 5.74) is 0.586. The Morgan fingerprint density at radius 3 is 2.42 bits per heavy atom. The second kappa shape index (κ2) is 9.46. The van der Waals surface area contributed by atoms with Crippen molar-refractivity contribution in [2.75, 3.05) is 11.9 Å². The van der Waals surface area contributed by atoms with Crippen LogP contribution in [0.3, 0.4) is 0 Å². The third-order valence-corrected chi connectivity index (χ3v) is 4.24. The van der Waals surface area contributed by atoms with E-state index < -0.39 is 23.6 Å². The molecule has 1 heterocycles. The molecule has 0 aliphatic rings. The largest absolute Gasteiger partial charge is 0.494 e. The maximum absolute atomic E-state index is 12.8. The van der Waals surface area contributed by atoms with Crippen LogP contribution >= 0.6 is 0 Å². The van der Waals surface area contributed by atoms with E-state index in [1.54, 1.807) is 37.3 Å². The normalized spacial score (nSPS) is 12.7. The van der Waals surface area contributed by atoms with Crippen LogP contribution in [0.2, 0.25) is 0 Å². The minimum absolute atomic E-state index is 0.216. The van der Waals surface area contributed by atoms with Gasteiger partial charge in [-0.25, -0.2) is 0 Å². The Bertz CT molecular complexity index is 1040. The number of halogens is 3. The average molecular weight is 431 g/mol. The molecule has 3 aromatic rings. The molecule has 0 saturated carbocycles. The number of alkyl halides is 3. The maximum atomic E-state index is 12.8. The van der Waals surface area contributed by atoms with E-state index in [0.29, 0.717) is 23.7 Å². The predicted molar refractivity (Wildman–Crippen MR) is 110 cm³/mol. The molecule has 31 heavy (non-hydrogen) atoms. The Morgan fingerprint density at radius 1 is 1.19 bits per heavy atom. The summed E-state index contributed by atoms with van der Waals surface area (Å²) < 4.78 is 48.8. The number of ether oxygens (including phenoxy) is 1. The summed E-state index contributed by atoms with van der Waals surface area (Å²) in [5.74, 6) is -0.499. The van der Waals surface area contributed by atoms with Crippen molar-refractivity contribution in [3.8, 4) is 5.75 Å². The number of benzene rings is 2. The Kier molecular flexibility index (Phi) is 6.74. The molecule has 1 amide bonds. The quantitative estimate of drug-likeness (QED) is 0.500. The maximum Gasteiger partial charge on any atom is 0.416 e.